The van der Waals surface area contributed by atoms with Crippen molar-refractivity contribution < 1.29 is 0 Å². The molecule has 2 aromatic rings. The first kappa shape index (κ1) is 12.7. The van der Waals surface area contributed by atoms with E-state index in [1.807, 2.05) is 54.2 Å². The lowest BCUT2D eigenvalue weighted by molar-refractivity contribution is 1.06. The topological polar surface area (TPSA) is 108 Å². The Hall–Kier alpha value is -2.76. The zero-order chi connectivity index (χ0) is 13.8. The van der Waals surface area contributed by atoms with Crippen molar-refractivity contribution in [3.63, 3.8) is 0 Å². The molecule has 6 heteroatoms. The molecule has 0 saturated carbocycles. The van der Waals surface area contributed by atoms with Crippen LogP contribution < -0.4 is 17.2 Å². The Morgan fingerprint density at radius 1 is 1.11 bits per heavy atom. The van der Waals surface area contributed by atoms with Crippen LogP contribution in [0.15, 0.2) is 52.7 Å². The van der Waals surface area contributed by atoms with Crippen LogP contribution in [0.5, 0.6) is 0 Å². The number of guanidine groups is 2. The van der Waals surface area contributed by atoms with Crippen molar-refractivity contribution in [3.05, 3.63) is 48.3 Å². The molecule has 0 amide bonds. The normalized spacial score (nSPS) is 11.3. The highest BCUT2D eigenvalue weighted by Crippen LogP contribution is 2.21. The van der Waals surface area contributed by atoms with Crippen LogP contribution in [0.3, 0.4) is 0 Å². The van der Waals surface area contributed by atoms with Gasteiger partial charge in [0.25, 0.3) is 0 Å². The summed E-state index contributed by atoms with van der Waals surface area (Å²) in [6.07, 6.45) is 3.93. The summed E-state index contributed by atoms with van der Waals surface area (Å²) in [5.41, 5.74) is 18.9. The standard InChI is InChI=1S/C13H16N6/c1-9-4-5-10(17-13(16)18-12(14)15)8-11(9)19-6-2-3-7-19/h2-8H,1H3,(H6,14,15,16,17,18). The van der Waals surface area contributed by atoms with Crippen LogP contribution in [0.25, 0.3) is 5.69 Å². The first-order valence-electron chi connectivity index (χ1n) is 5.74. The van der Waals surface area contributed by atoms with Gasteiger partial charge in [0.1, 0.15) is 0 Å². The predicted molar refractivity (Wildman–Crippen MR) is 77.6 cm³/mol. The van der Waals surface area contributed by atoms with E-state index in [0.29, 0.717) is 5.69 Å². The summed E-state index contributed by atoms with van der Waals surface area (Å²) in [6.45, 7) is 2.03. The number of hydrogen-bond donors (Lipinski definition) is 3. The molecule has 1 heterocycles. The number of hydrogen-bond acceptors (Lipinski definition) is 1. The highest BCUT2D eigenvalue weighted by molar-refractivity contribution is 5.93. The minimum Gasteiger partial charge on any atom is -0.370 e. The molecule has 0 atom stereocenters. The summed E-state index contributed by atoms with van der Waals surface area (Å²) >= 11 is 0. The molecule has 98 valence electrons. The van der Waals surface area contributed by atoms with Gasteiger partial charge < -0.3 is 21.8 Å². The SMILES string of the molecule is Cc1ccc(N=C(N)N=C(N)N)cc1-n1cccc1. The van der Waals surface area contributed by atoms with Gasteiger partial charge >= 0.3 is 0 Å². The Balaban J connectivity index is 2.40. The molecule has 2 rings (SSSR count). The highest BCUT2D eigenvalue weighted by atomic mass is 15.1. The van der Waals surface area contributed by atoms with Crippen LogP contribution >= 0.6 is 0 Å². The van der Waals surface area contributed by atoms with Crippen molar-refractivity contribution >= 4 is 17.6 Å². The smallest absolute Gasteiger partial charge is 0.223 e. The van der Waals surface area contributed by atoms with Gasteiger partial charge in [0.2, 0.25) is 5.96 Å². The third-order valence-electron chi connectivity index (χ3n) is 2.56. The number of aryl methyl sites for hydroxylation is 1. The number of benzene rings is 1. The van der Waals surface area contributed by atoms with Gasteiger partial charge in [-0.15, -0.1) is 0 Å². The third kappa shape index (κ3) is 3.12. The molecule has 0 spiro atoms. The second kappa shape index (κ2) is 5.26. The van der Waals surface area contributed by atoms with Crippen LogP contribution in [0.2, 0.25) is 0 Å². The van der Waals surface area contributed by atoms with Crippen molar-refractivity contribution in [2.45, 2.75) is 6.92 Å². The van der Waals surface area contributed by atoms with Crippen LogP contribution in [-0.4, -0.2) is 16.5 Å². The van der Waals surface area contributed by atoms with Gasteiger partial charge in [0.15, 0.2) is 5.96 Å². The van der Waals surface area contributed by atoms with E-state index in [4.69, 9.17) is 17.2 Å². The maximum Gasteiger partial charge on any atom is 0.223 e. The largest absolute Gasteiger partial charge is 0.370 e. The lowest BCUT2D eigenvalue weighted by Crippen LogP contribution is -2.26. The highest BCUT2D eigenvalue weighted by Gasteiger charge is 2.02. The summed E-state index contributed by atoms with van der Waals surface area (Å²) in [5, 5.41) is 0. The van der Waals surface area contributed by atoms with Gasteiger partial charge in [-0.25, -0.2) is 4.99 Å². The number of rotatable bonds is 2. The summed E-state index contributed by atoms with van der Waals surface area (Å²) in [7, 11) is 0. The molecule has 19 heavy (non-hydrogen) atoms. The van der Waals surface area contributed by atoms with E-state index in [9.17, 15) is 0 Å². The fourth-order valence-corrected chi connectivity index (χ4v) is 1.73. The van der Waals surface area contributed by atoms with E-state index >= 15 is 0 Å². The average Bonchev–Trinajstić information content (AvgIpc) is 2.84. The second-order valence-corrected chi connectivity index (χ2v) is 4.07. The maximum atomic E-state index is 5.61. The lowest BCUT2D eigenvalue weighted by atomic mass is 10.2. The zero-order valence-corrected chi connectivity index (χ0v) is 10.6. The predicted octanol–water partition coefficient (Wildman–Crippen LogP) is 1.01. The molecular formula is C13H16N6. The molecule has 0 unspecified atom stereocenters. The molecule has 1 aromatic carbocycles. The quantitative estimate of drug-likeness (QED) is 0.551. The van der Waals surface area contributed by atoms with Gasteiger partial charge in [-0.05, 0) is 36.8 Å². The Morgan fingerprint density at radius 2 is 1.79 bits per heavy atom. The van der Waals surface area contributed by atoms with Gasteiger partial charge in [-0.3, -0.25) is 0 Å². The first-order valence-corrected chi connectivity index (χ1v) is 5.74. The molecule has 0 fully saturated rings. The lowest BCUT2D eigenvalue weighted by Gasteiger charge is -2.08. The molecule has 0 radical (unpaired) electrons. The number of nitrogens with zero attached hydrogens (tertiary/aromatic N) is 3. The van der Waals surface area contributed by atoms with E-state index < -0.39 is 0 Å². The number of nitrogens with two attached hydrogens (primary N) is 3. The summed E-state index contributed by atoms with van der Waals surface area (Å²) < 4.78 is 2.01. The minimum atomic E-state index is -0.112. The molecule has 0 aliphatic rings. The van der Waals surface area contributed by atoms with E-state index in [0.717, 1.165) is 11.3 Å². The summed E-state index contributed by atoms with van der Waals surface area (Å²) in [6, 6.07) is 9.67. The summed E-state index contributed by atoms with van der Waals surface area (Å²) in [5.74, 6) is -0.0821. The van der Waals surface area contributed by atoms with E-state index in [2.05, 4.69) is 9.98 Å². The third-order valence-corrected chi connectivity index (χ3v) is 2.56. The van der Waals surface area contributed by atoms with Crippen LogP contribution in [0.1, 0.15) is 5.56 Å². The van der Waals surface area contributed by atoms with Gasteiger partial charge in [-0.2, -0.15) is 4.99 Å². The van der Waals surface area contributed by atoms with E-state index in [1.54, 1.807) is 0 Å². The van der Waals surface area contributed by atoms with Crippen LogP contribution in [0, 0.1) is 6.92 Å². The molecule has 0 aliphatic heterocycles. The van der Waals surface area contributed by atoms with Gasteiger partial charge in [0, 0.05) is 18.1 Å². The van der Waals surface area contributed by atoms with Crippen molar-refractivity contribution in [2.24, 2.45) is 27.2 Å². The Bertz CT molecular complexity index is 621. The monoisotopic (exact) mass is 256 g/mol. The Kier molecular flexibility index (Phi) is 3.51. The fourth-order valence-electron chi connectivity index (χ4n) is 1.73. The molecule has 1 aromatic heterocycles. The van der Waals surface area contributed by atoms with Crippen LogP contribution in [-0.2, 0) is 0 Å². The van der Waals surface area contributed by atoms with Crippen molar-refractivity contribution in [3.8, 4) is 5.69 Å². The van der Waals surface area contributed by atoms with E-state index in [1.165, 1.54) is 0 Å². The summed E-state index contributed by atoms with van der Waals surface area (Å²) in [4.78, 5) is 7.83. The molecule has 0 aliphatic carbocycles. The number of aliphatic imine (C=N–C) groups is 2. The molecule has 6 nitrogen and oxygen atoms in total. The van der Waals surface area contributed by atoms with Crippen molar-refractivity contribution in [1.82, 2.24) is 4.57 Å². The maximum absolute atomic E-state index is 5.61. The molecule has 6 N–H and O–H groups in total. The first-order chi connectivity index (χ1) is 9.06. The average molecular weight is 256 g/mol. The molecular weight excluding hydrogens is 240 g/mol. The van der Waals surface area contributed by atoms with E-state index in [-0.39, 0.29) is 11.9 Å². The zero-order valence-electron chi connectivity index (χ0n) is 10.6. The van der Waals surface area contributed by atoms with Crippen LogP contribution in [0.4, 0.5) is 5.69 Å². The number of aromatic nitrogens is 1. The fraction of sp³-hybridized carbons (Fsp3) is 0.0769. The molecule has 0 bridgehead atoms. The Labute approximate surface area is 111 Å². The van der Waals surface area contributed by atoms with Gasteiger partial charge in [-0.1, -0.05) is 6.07 Å². The minimum absolute atomic E-state index is 0.0299. The Morgan fingerprint density at radius 3 is 2.42 bits per heavy atom. The van der Waals surface area contributed by atoms with Crippen molar-refractivity contribution in [2.75, 3.05) is 0 Å². The van der Waals surface area contributed by atoms with Crippen molar-refractivity contribution in [1.29, 1.82) is 0 Å². The van der Waals surface area contributed by atoms with Gasteiger partial charge in [0.05, 0.1) is 5.69 Å². The second-order valence-electron chi connectivity index (χ2n) is 4.07. The molecule has 0 saturated heterocycles.